The number of carbonyl (C=O) groups is 1. The second-order valence-corrected chi connectivity index (χ2v) is 6.38. The van der Waals surface area contributed by atoms with E-state index in [0.29, 0.717) is 0 Å². The molecule has 4 heteroatoms. The molecule has 18 heavy (non-hydrogen) atoms. The van der Waals surface area contributed by atoms with Crippen LogP contribution in [0.4, 0.5) is 0 Å². The van der Waals surface area contributed by atoms with Crippen LogP contribution in [0.1, 0.15) is 51.4 Å². The minimum Gasteiger partial charge on any atom is -0.341 e. The molecular formula is C14H25ClN2O. The lowest BCUT2D eigenvalue weighted by Crippen LogP contribution is -2.53. The Morgan fingerprint density at radius 2 is 1.50 bits per heavy atom. The van der Waals surface area contributed by atoms with Crippen LogP contribution in [0.15, 0.2) is 0 Å². The SMILES string of the molecule is Cl.NC1(C(=O)N2CC3CCCCC3C2)CCCC1. The molecule has 0 radical (unpaired) electrons. The molecular weight excluding hydrogens is 248 g/mol. The molecule has 3 fully saturated rings. The van der Waals surface area contributed by atoms with E-state index in [1.807, 2.05) is 0 Å². The smallest absolute Gasteiger partial charge is 0.242 e. The van der Waals surface area contributed by atoms with Crippen molar-refractivity contribution in [1.82, 2.24) is 4.90 Å². The van der Waals surface area contributed by atoms with Gasteiger partial charge in [-0.2, -0.15) is 0 Å². The van der Waals surface area contributed by atoms with E-state index in [2.05, 4.69) is 4.90 Å². The van der Waals surface area contributed by atoms with Crippen LogP contribution in [0.25, 0.3) is 0 Å². The highest BCUT2D eigenvalue weighted by Crippen LogP contribution is 2.38. The zero-order valence-electron chi connectivity index (χ0n) is 11.1. The van der Waals surface area contributed by atoms with Crippen molar-refractivity contribution in [2.75, 3.05) is 13.1 Å². The van der Waals surface area contributed by atoms with Crippen LogP contribution in [0.5, 0.6) is 0 Å². The van der Waals surface area contributed by atoms with E-state index in [0.717, 1.165) is 50.6 Å². The number of carbonyl (C=O) groups excluding carboxylic acids is 1. The van der Waals surface area contributed by atoms with E-state index in [-0.39, 0.29) is 18.3 Å². The lowest BCUT2D eigenvalue weighted by Gasteiger charge is -2.28. The Labute approximate surface area is 116 Å². The first-order chi connectivity index (χ1) is 8.19. The van der Waals surface area contributed by atoms with Crippen molar-refractivity contribution in [2.45, 2.75) is 56.9 Å². The summed E-state index contributed by atoms with van der Waals surface area (Å²) in [5.41, 5.74) is 5.77. The van der Waals surface area contributed by atoms with Gasteiger partial charge in [0.15, 0.2) is 0 Å². The second-order valence-electron chi connectivity index (χ2n) is 6.38. The molecule has 0 aromatic heterocycles. The molecule has 1 saturated heterocycles. The summed E-state index contributed by atoms with van der Waals surface area (Å²) in [6.45, 7) is 1.98. The molecule has 2 unspecified atom stereocenters. The minimum atomic E-state index is -0.506. The molecule has 0 spiro atoms. The van der Waals surface area contributed by atoms with E-state index >= 15 is 0 Å². The largest absolute Gasteiger partial charge is 0.341 e. The van der Waals surface area contributed by atoms with Gasteiger partial charge in [-0.25, -0.2) is 0 Å². The molecule has 2 aliphatic carbocycles. The fourth-order valence-electron chi connectivity index (χ4n) is 4.11. The Kier molecular flexibility index (Phi) is 4.22. The van der Waals surface area contributed by atoms with Gasteiger partial charge < -0.3 is 10.6 Å². The van der Waals surface area contributed by atoms with Crippen molar-refractivity contribution >= 4 is 18.3 Å². The Balaban J connectivity index is 0.00000120. The monoisotopic (exact) mass is 272 g/mol. The summed E-state index contributed by atoms with van der Waals surface area (Å²) in [5.74, 6) is 1.81. The van der Waals surface area contributed by atoms with Crippen LogP contribution in [-0.2, 0) is 4.79 Å². The zero-order chi connectivity index (χ0) is 11.9. The van der Waals surface area contributed by atoms with E-state index in [4.69, 9.17) is 5.73 Å². The average Bonchev–Trinajstić information content (AvgIpc) is 2.94. The van der Waals surface area contributed by atoms with Gasteiger partial charge in [0.05, 0.1) is 5.54 Å². The molecule has 2 N–H and O–H groups in total. The van der Waals surface area contributed by atoms with Gasteiger partial charge in [0.1, 0.15) is 0 Å². The van der Waals surface area contributed by atoms with Crippen LogP contribution < -0.4 is 5.73 Å². The summed E-state index contributed by atoms with van der Waals surface area (Å²) in [5, 5.41) is 0. The predicted octanol–water partition coefficient (Wildman–Crippen LogP) is 2.33. The molecule has 0 aromatic rings. The molecule has 2 atom stereocenters. The summed E-state index contributed by atoms with van der Waals surface area (Å²) in [6.07, 6.45) is 9.42. The number of halogens is 1. The van der Waals surface area contributed by atoms with Gasteiger partial charge in [-0.3, -0.25) is 4.79 Å². The second kappa shape index (κ2) is 5.38. The summed E-state index contributed by atoms with van der Waals surface area (Å²) in [6, 6.07) is 0. The van der Waals surface area contributed by atoms with Gasteiger partial charge in [-0.15, -0.1) is 12.4 Å². The van der Waals surface area contributed by atoms with Crippen molar-refractivity contribution in [1.29, 1.82) is 0 Å². The number of fused-ring (bicyclic) bond motifs is 1. The maximum absolute atomic E-state index is 12.5. The number of hydrogen-bond donors (Lipinski definition) is 1. The molecule has 0 aromatic carbocycles. The zero-order valence-corrected chi connectivity index (χ0v) is 11.9. The highest BCUT2D eigenvalue weighted by atomic mass is 35.5. The first-order valence-corrected chi connectivity index (χ1v) is 7.27. The topological polar surface area (TPSA) is 46.3 Å². The van der Waals surface area contributed by atoms with E-state index in [1.54, 1.807) is 0 Å². The van der Waals surface area contributed by atoms with Crippen molar-refractivity contribution in [2.24, 2.45) is 17.6 Å². The van der Waals surface area contributed by atoms with E-state index in [9.17, 15) is 4.79 Å². The lowest BCUT2D eigenvalue weighted by molar-refractivity contribution is -0.136. The Morgan fingerprint density at radius 1 is 1.00 bits per heavy atom. The quantitative estimate of drug-likeness (QED) is 0.796. The third kappa shape index (κ3) is 2.39. The Hall–Kier alpha value is -0.280. The number of nitrogens with two attached hydrogens (primary N) is 1. The molecule has 3 rings (SSSR count). The lowest BCUT2D eigenvalue weighted by atomic mass is 9.82. The molecule has 104 valence electrons. The fraction of sp³-hybridized carbons (Fsp3) is 0.929. The Morgan fingerprint density at radius 3 is 2.00 bits per heavy atom. The molecule has 3 nitrogen and oxygen atoms in total. The molecule has 1 aliphatic heterocycles. The third-order valence-corrected chi connectivity index (χ3v) is 5.19. The normalized spacial score (nSPS) is 33.9. The molecule has 1 amide bonds. The molecule has 2 saturated carbocycles. The van der Waals surface area contributed by atoms with Crippen molar-refractivity contribution in [3.63, 3.8) is 0 Å². The van der Waals surface area contributed by atoms with Crippen molar-refractivity contribution in [3.05, 3.63) is 0 Å². The highest BCUT2D eigenvalue weighted by Gasteiger charge is 2.44. The molecule has 1 heterocycles. The number of amides is 1. The van der Waals surface area contributed by atoms with E-state index in [1.165, 1.54) is 25.7 Å². The van der Waals surface area contributed by atoms with Crippen LogP contribution in [0.3, 0.4) is 0 Å². The summed E-state index contributed by atoms with van der Waals surface area (Å²) >= 11 is 0. The number of likely N-dealkylation sites (tertiary alicyclic amines) is 1. The maximum Gasteiger partial charge on any atom is 0.242 e. The average molecular weight is 273 g/mol. The van der Waals surface area contributed by atoms with Crippen LogP contribution in [-0.4, -0.2) is 29.4 Å². The van der Waals surface area contributed by atoms with Crippen molar-refractivity contribution in [3.8, 4) is 0 Å². The first kappa shape index (κ1) is 14.1. The van der Waals surface area contributed by atoms with Gasteiger partial charge in [0.2, 0.25) is 5.91 Å². The van der Waals surface area contributed by atoms with Gasteiger partial charge >= 0.3 is 0 Å². The van der Waals surface area contributed by atoms with Gasteiger partial charge in [-0.05, 0) is 37.5 Å². The highest BCUT2D eigenvalue weighted by molar-refractivity contribution is 5.86. The fourth-order valence-corrected chi connectivity index (χ4v) is 4.11. The number of hydrogen-bond acceptors (Lipinski definition) is 2. The van der Waals surface area contributed by atoms with Crippen LogP contribution in [0, 0.1) is 11.8 Å². The summed E-state index contributed by atoms with van der Waals surface area (Å²) in [7, 11) is 0. The van der Waals surface area contributed by atoms with Gasteiger partial charge in [-0.1, -0.05) is 25.7 Å². The first-order valence-electron chi connectivity index (χ1n) is 7.27. The molecule has 3 aliphatic rings. The van der Waals surface area contributed by atoms with Gasteiger partial charge in [0, 0.05) is 13.1 Å². The van der Waals surface area contributed by atoms with Crippen molar-refractivity contribution < 1.29 is 4.79 Å². The standard InChI is InChI=1S/C14H24N2O.ClH/c15-14(7-3-4-8-14)13(17)16-9-11-5-1-2-6-12(11)10-16;/h11-12H,1-10,15H2;1H. The van der Waals surface area contributed by atoms with E-state index < -0.39 is 5.54 Å². The summed E-state index contributed by atoms with van der Waals surface area (Å²) in [4.78, 5) is 14.6. The molecule has 0 bridgehead atoms. The Bertz CT molecular complexity index is 301. The predicted molar refractivity (Wildman–Crippen MR) is 74.7 cm³/mol. The van der Waals surface area contributed by atoms with Crippen LogP contribution in [0.2, 0.25) is 0 Å². The number of nitrogens with zero attached hydrogens (tertiary/aromatic N) is 1. The number of rotatable bonds is 1. The minimum absolute atomic E-state index is 0. The third-order valence-electron chi connectivity index (χ3n) is 5.19. The van der Waals surface area contributed by atoms with Crippen LogP contribution >= 0.6 is 12.4 Å². The summed E-state index contributed by atoms with van der Waals surface area (Å²) < 4.78 is 0. The van der Waals surface area contributed by atoms with Gasteiger partial charge in [0.25, 0.3) is 0 Å². The maximum atomic E-state index is 12.5.